The lowest BCUT2D eigenvalue weighted by Crippen LogP contribution is -2.44. The molecule has 148 valence electrons. The molecule has 0 aromatic heterocycles. The van der Waals surface area contributed by atoms with Crippen LogP contribution in [0, 0.1) is 20.8 Å². The van der Waals surface area contributed by atoms with Crippen molar-refractivity contribution in [2.75, 3.05) is 19.0 Å². The van der Waals surface area contributed by atoms with Crippen LogP contribution in [0.25, 0.3) is 0 Å². The monoisotopic (exact) mass is 375 g/mol. The van der Waals surface area contributed by atoms with E-state index in [2.05, 4.69) is 102 Å². The molecular formula is C26H35N2+. The lowest BCUT2D eigenvalue weighted by atomic mass is 9.72. The van der Waals surface area contributed by atoms with Crippen LogP contribution in [0.3, 0.4) is 0 Å². The van der Waals surface area contributed by atoms with Crippen LogP contribution < -0.4 is 4.90 Å². The third kappa shape index (κ3) is 2.43. The van der Waals surface area contributed by atoms with E-state index >= 15 is 0 Å². The van der Waals surface area contributed by atoms with Gasteiger partial charge >= 0.3 is 0 Å². The lowest BCUT2D eigenvalue weighted by Gasteiger charge is -2.33. The van der Waals surface area contributed by atoms with Gasteiger partial charge in [-0.05, 0) is 62.9 Å². The molecule has 2 aliphatic rings. The first kappa shape index (κ1) is 19.2. The van der Waals surface area contributed by atoms with Gasteiger partial charge in [0.25, 0.3) is 0 Å². The molecule has 2 aromatic rings. The minimum Gasteiger partial charge on any atom is -0.370 e. The number of hydrogen-bond donors (Lipinski definition) is 0. The fraction of sp³-hybridized carbons (Fsp3) is 0.500. The number of fused-ring (bicyclic) bond motifs is 2. The highest BCUT2D eigenvalue weighted by molar-refractivity contribution is 5.96. The maximum absolute atomic E-state index is 2.53. The van der Waals surface area contributed by atoms with Crippen LogP contribution in [0.4, 0.5) is 11.4 Å². The summed E-state index contributed by atoms with van der Waals surface area (Å²) in [6, 6.07) is 11.9. The van der Waals surface area contributed by atoms with Crippen molar-refractivity contribution in [1.29, 1.82) is 0 Å². The molecule has 0 saturated carbocycles. The zero-order chi connectivity index (χ0) is 20.6. The Labute approximate surface area is 170 Å². The predicted octanol–water partition coefficient (Wildman–Crippen LogP) is 5.80. The summed E-state index contributed by atoms with van der Waals surface area (Å²) >= 11 is 0. The SMILES string of the molecule is Cc1cc(C)c2c(c1)[N+](C)=C(CC1N(C)c3cccc(C)c3C1(C)C)C2(C)C. The second-order valence-corrected chi connectivity index (χ2v) is 10.1. The zero-order valence-corrected chi connectivity index (χ0v) is 19.1. The van der Waals surface area contributed by atoms with Gasteiger partial charge in [-0.25, -0.2) is 4.58 Å². The first-order chi connectivity index (χ1) is 13.0. The zero-order valence-electron chi connectivity index (χ0n) is 19.1. The minimum absolute atomic E-state index is 0.0581. The molecule has 1 unspecified atom stereocenters. The average Bonchev–Trinajstić information content (AvgIpc) is 2.89. The quantitative estimate of drug-likeness (QED) is 0.601. The number of likely N-dealkylation sites (N-methyl/N-ethyl adjacent to an activating group) is 1. The summed E-state index contributed by atoms with van der Waals surface area (Å²) in [5.41, 5.74) is 11.7. The molecule has 0 aliphatic carbocycles. The Balaban J connectivity index is 1.80. The van der Waals surface area contributed by atoms with Crippen LogP contribution in [0.15, 0.2) is 30.3 Å². The third-order valence-corrected chi connectivity index (χ3v) is 7.53. The fourth-order valence-electron chi connectivity index (χ4n) is 6.30. The molecule has 0 saturated heterocycles. The van der Waals surface area contributed by atoms with E-state index in [0.717, 1.165) is 6.42 Å². The third-order valence-electron chi connectivity index (χ3n) is 7.53. The van der Waals surface area contributed by atoms with Crippen LogP contribution in [-0.4, -0.2) is 30.4 Å². The number of anilines is 1. The van der Waals surface area contributed by atoms with E-state index in [1.807, 2.05) is 0 Å². The van der Waals surface area contributed by atoms with E-state index in [0.29, 0.717) is 6.04 Å². The molecule has 2 nitrogen and oxygen atoms in total. The first-order valence-electron chi connectivity index (χ1n) is 10.5. The number of hydrogen-bond acceptors (Lipinski definition) is 1. The van der Waals surface area contributed by atoms with E-state index in [1.54, 1.807) is 0 Å². The standard InChI is InChI=1S/C26H35N2/c1-16-13-18(3)24-20(14-16)28(9)22(26(24,6)7)15-21-25(4,5)23-17(2)11-10-12-19(23)27(21)8/h10-14,21H,15H2,1-9H3/q+1. The second kappa shape index (κ2) is 5.95. The first-order valence-corrected chi connectivity index (χ1v) is 10.5. The number of aryl methyl sites for hydroxylation is 3. The Morgan fingerprint density at radius 1 is 0.964 bits per heavy atom. The highest BCUT2D eigenvalue weighted by Gasteiger charge is 2.51. The van der Waals surface area contributed by atoms with Crippen LogP contribution in [-0.2, 0) is 10.8 Å². The predicted molar refractivity (Wildman–Crippen MR) is 121 cm³/mol. The number of rotatable bonds is 2. The molecule has 28 heavy (non-hydrogen) atoms. The van der Waals surface area contributed by atoms with E-state index in [-0.39, 0.29) is 10.8 Å². The van der Waals surface area contributed by atoms with Crippen molar-refractivity contribution in [2.45, 2.75) is 71.8 Å². The minimum atomic E-state index is 0.0581. The van der Waals surface area contributed by atoms with Gasteiger partial charge in [0.1, 0.15) is 7.05 Å². The molecular weight excluding hydrogens is 340 g/mol. The summed E-state index contributed by atoms with van der Waals surface area (Å²) in [5.74, 6) is 0. The van der Waals surface area contributed by atoms with Gasteiger partial charge in [-0.2, -0.15) is 0 Å². The average molecular weight is 376 g/mol. The molecule has 1 atom stereocenters. The summed E-state index contributed by atoms with van der Waals surface area (Å²) in [6.45, 7) is 16.4. The molecule has 4 rings (SSSR count). The van der Waals surface area contributed by atoms with Crippen molar-refractivity contribution in [3.05, 3.63) is 58.1 Å². The van der Waals surface area contributed by atoms with Crippen LogP contribution in [0.5, 0.6) is 0 Å². The van der Waals surface area contributed by atoms with Crippen molar-refractivity contribution < 1.29 is 4.58 Å². The Hall–Kier alpha value is -2.09. The molecule has 2 aliphatic heterocycles. The Bertz CT molecular complexity index is 1010. The van der Waals surface area contributed by atoms with Crippen molar-refractivity contribution >= 4 is 17.1 Å². The van der Waals surface area contributed by atoms with Crippen LogP contribution >= 0.6 is 0 Å². The highest BCUT2D eigenvalue weighted by Crippen LogP contribution is 2.49. The Morgan fingerprint density at radius 3 is 2.29 bits per heavy atom. The van der Waals surface area contributed by atoms with E-state index < -0.39 is 0 Å². The summed E-state index contributed by atoms with van der Waals surface area (Å²) in [5, 5.41) is 0. The Kier molecular flexibility index (Phi) is 4.09. The van der Waals surface area contributed by atoms with Gasteiger partial charge in [-0.15, -0.1) is 0 Å². The molecule has 0 fully saturated rings. The highest BCUT2D eigenvalue weighted by atomic mass is 15.2. The summed E-state index contributed by atoms with van der Waals surface area (Å²) in [6.07, 6.45) is 1.08. The molecule has 0 spiro atoms. The van der Waals surface area contributed by atoms with E-state index in [4.69, 9.17) is 0 Å². The molecule has 2 aromatic carbocycles. The second-order valence-electron chi connectivity index (χ2n) is 10.1. The van der Waals surface area contributed by atoms with Gasteiger partial charge in [0, 0.05) is 35.8 Å². The molecule has 0 amide bonds. The fourth-order valence-corrected chi connectivity index (χ4v) is 6.30. The van der Waals surface area contributed by atoms with Crippen molar-refractivity contribution in [3.8, 4) is 0 Å². The topological polar surface area (TPSA) is 6.25 Å². The maximum atomic E-state index is 2.53. The van der Waals surface area contributed by atoms with Crippen molar-refractivity contribution in [3.63, 3.8) is 0 Å². The smallest absolute Gasteiger partial charge is 0.209 e. The van der Waals surface area contributed by atoms with E-state index in [9.17, 15) is 0 Å². The maximum Gasteiger partial charge on any atom is 0.209 e. The number of benzene rings is 2. The number of nitrogens with zero attached hydrogens (tertiary/aromatic N) is 2. The van der Waals surface area contributed by atoms with Gasteiger partial charge in [0.05, 0.1) is 11.8 Å². The largest absolute Gasteiger partial charge is 0.370 e. The molecule has 2 heteroatoms. The van der Waals surface area contributed by atoms with Gasteiger partial charge in [0.2, 0.25) is 5.69 Å². The summed E-state index contributed by atoms with van der Waals surface area (Å²) < 4.78 is 2.48. The van der Waals surface area contributed by atoms with Gasteiger partial charge in [0.15, 0.2) is 5.71 Å². The van der Waals surface area contributed by atoms with Crippen LogP contribution in [0.2, 0.25) is 0 Å². The van der Waals surface area contributed by atoms with Crippen molar-refractivity contribution in [2.24, 2.45) is 0 Å². The van der Waals surface area contributed by atoms with E-state index in [1.165, 1.54) is 44.9 Å². The molecule has 2 heterocycles. The summed E-state index contributed by atoms with van der Waals surface area (Å²) in [4.78, 5) is 2.53. The van der Waals surface area contributed by atoms with Gasteiger partial charge in [-0.3, -0.25) is 0 Å². The molecule has 0 bridgehead atoms. The lowest BCUT2D eigenvalue weighted by molar-refractivity contribution is -0.404. The molecule has 0 radical (unpaired) electrons. The van der Waals surface area contributed by atoms with Crippen LogP contribution in [0.1, 0.15) is 61.9 Å². The van der Waals surface area contributed by atoms with Gasteiger partial charge < -0.3 is 4.90 Å². The molecule has 0 N–H and O–H groups in total. The Morgan fingerprint density at radius 2 is 1.64 bits per heavy atom. The normalized spacial score (nSPS) is 21.9. The summed E-state index contributed by atoms with van der Waals surface area (Å²) in [7, 11) is 4.55. The van der Waals surface area contributed by atoms with Crippen molar-refractivity contribution in [1.82, 2.24) is 0 Å². The van der Waals surface area contributed by atoms with Gasteiger partial charge in [-0.1, -0.05) is 32.0 Å².